The molecule has 2 amide bonds. The average molecular weight is 747 g/mol. The number of rotatable bonds is 13. The van der Waals surface area contributed by atoms with Gasteiger partial charge < -0.3 is 31.4 Å². The third-order valence-electron chi connectivity index (χ3n) is 7.43. The van der Waals surface area contributed by atoms with E-state index in [9.17, 15) is 37.5 Å². The quantitative estimate of drug-likeness (QED) is 0.0550. The Morgan fingerprint density at radius 3 is 2.65 bits per heavy atom. The molecule has 5 heterocycles. The zero-order valence-electron chi connectivity index (χ0n) is 25.5. The molecule has 1 unspecified atom stereocenters. The summed E-state index contributed by atoms with van der Waals surface area (Å²) in [5.74, 6) is -5.71. The minimum absolute atomic E-state index is 0.0173. The molecule has 1 saturated heterocycles. The van der Waals surface area contributed by atoms with Crippen molar-refractivity contribution in [1.29, 1.82) is 0 Å². The number of alkyl halides is 3. The Labute approximate surface area is 287 Å². The number of aryl methyl sites for hydroxylation is 1. The number of thiazole rings is 1. The summed E-state index contributed by atoms with van der Waals surface area (Å²) in [7, 11) is 1.69. The monoisotopic (exact) mass is 746 g/mol. The molecule has 0 spiro atoms. The normalized spacial score (nSPS) is 18.7. The fourth-order valence-corrected chi connectivity index (χ4v) is 7.44. The van der Waals surface area contributed by atoms with Gasteiger partial charge in [0.1, 0.15) is 39.2 Å². The minimum atomic E-state index is -4.75. The number of carboxylic acid groups (broad SMARTS) is 2. The van der Waals surface area contributed by atoms with E-state index in [1.54, 1.807) is 7.05 Å². The number of nitrogen functional groups attached to an aromatic ring is 1. The number of nitrogens with zero attached hydrogens (tertiary/aromatic N) is 6. The van der Waals surface area contributed by atoms with Gasteiger partial charge in [-0.1, -0.05) is 28.1 Å². The molecule has 3 atom stereocenters. The van der Waals surface area contributed by atoms with Crippen molar-refractivity contribution in [3.05, 3.63) is 45.5 Å². The number of hydrogen-bond acceptors (Lipinski definition) is 12. The number of hydrogen-bond donors (Lipinski definition) is 5. The first-order valence-corrected chi connectivity index (χ1v) is 16.6. The van der Waals surface area contributed by atoms with Gasteiger partial charge in [-0.15, -0.1) is 11.8 Å². The molecule has 2 aliphatic rings. The highest BCUT2D eigenvalue weighted by atomic mass is 35.5. The fraction of sp³-hybridized carbons (Fsp3) is 0.407. The summed E-state index contributed by atoms with van der Waals surface area (Å²) in [4.78, 5) is 64.1. The Bertz CT molecular complexity index is 1900. The molecule has 49 heavy (non-hydrogen) atoms. The maximum absolute atomic E-state index is 14.0. The van der Waals surface area contributed by atoms with E-state index >= 15 is 0 Å². The molecular formula is C27H28ClF3N9O7S2+. The van der Waals surface area contributed by atoms with Crippen molar-refractivity contribution in [3.63, 3.8) is 0 Å². The van der Waals surface area contributed by atoms with Gasteiger partial charge in [0, 0.05) is 17.9 Å². The van der Waals surface area contributed by atoms with Crippen LogP contribution in [0.2, 0.25) is 4.34 Å². The van der Waals surface area contributed by atoms with E-state index in [1.807, 2.05) is 0 Å². The van der Waals surface area contributed by atoms with Gasteiger partial charge in [0.05, 0.1) is 6.20 Å². The lowest BCUT2D eigenvalue weighted by Crippen LogP contribution is -2.71. The van der Waals surface area contributed by atoms with Crippen LogP contribution >= 0.6 is 34.7 Å². The number of aromatic nitrogens is 4. The number of fused-ring (bicyclic) bond motifs is 2. The first kappa shape index (κ1) is 35.8. The van der Waals surface area contributed by atoms with Crippen LogP contribution in [0.1, 0.15) is 24.9 Å². The summed E-state index contributed by atoms with van der Waals surface area (Å²) in [6.45, 7) is 1.48. The number of imidazole rings is 1. The number of carbonyl (C=O) groups is 4. The molecule has 6 N–H and O–H groups in total. The maximum Gasteiger partial charge on any atom is 0.475 e. The SMILES string of the molecule is CNCCCn1c(C(F)(F)F)nc2c1ccc[n+]2CC1=C(C(=O)O)N2C(=O)[C@@H](NC(=O)/C(=N\O[C@@H](C)C(=O)O)c3nc(N)sc3Cl)C2SC1. The Balaban J connectivity index is 1.42. The summed E-state index contributed by atoms with van der Waals surface area (Å²) < 4.78 is 44.3. The highest BCUT2D eigenvalue weighted by Crippen LogP contribution is 2.41. The molecule has 3 aromatic heterocycles. The smallest absolute Gasteiger partial charge is 0.475 e. The van der Waals surface area contributed by atoms with Crippen molar-refractivity contribution in [2.24, 2.45) is 5.16 Å². The van der Waals surface area contributed by atoms with Crippen molar-refractivity contribution in [3.8, 4) is 0 Å². The number of halogens is 4. The number of carbonyl (C=O) groups excluding carboxylic acids is 2. The van der Waals surface area contributed by atoms with Gasteiger partial charge in [0.25, 0.3) is 11.8 Å². The van der Waals surface area contributed by atoms with Crippen molar-refractivity contribution < 1.29 is 52.0 Å². The van der Waals surface area contributed by atoms with Crippen LogP contribution in [0.3, 0.4) is 0 Å². The number of β-lactam (4-membered cyclic amide) rings is 1. The summed E-state index contributed by atoms with van der Waals surface area (Å²) in [6.07, 6.45) is -4.34. The maximum atomic E-state index is 14.0. The number of carboxylic acids is 2. The third-order valence-corrected chi connectivity index (χ3v) is 9.85. The number of pyridine rings is 1. The fourth-order valence-electron chi connectivity index (χ4n) is 5.17. The van der Waals surface area contributed by atoms with Crippen molar-refractivity contribution in [2.45, 2.75) is 50.1 Å². The molecule has 0 aliphatic carbocycles. The van der Waals surface area contributed by atoms with Crippen molar-refractivity contribution in [1.82, 2.24) is 30.1 Å². The highest BCUT2D eigenvalue weighted by molar-refractivity contribution is 8.00. The zero-order valence-corrected chi connectivity index (χ0v) is 27.9. The number of nitrogens with one attached hydrogen (secondary N) is 2. The summed E-state index contributed by atoms with van der Waals surface area (Å²) >= 11 is 8.07. The lowest BCUT2D eigenvalue weighted by molar-refractivity contribution is -0.664. The van der Waals surface area contributed by atoms with Crippen LogP contribution in [0.25, 0.3) is 11.2 Å². The lowest BCUT2D eigenvalue weighted by Gasteiger charge is -2.49. The number of nitrogens with two attached hydrogens (primary N) is 1. The molecule has 16 nitrogen and oxygen atoms in total. The summed E-state index contributed by atoms with van der Waals surface area (Å²) in [5.41, 5.74) is 4.92. The van der Waals surface area contributed by atoms with Gasteiger partial charge in [0.15, 0.2) is 10.8 Å². The van der Waals surface area contributed by atoms with E-state index < -0.39 is 59.0 Å². The molecular weight excluding hydrogens is 719 g/mol. The summed E-state index contributed by atoms with van der Waals surface area (Å²) in [5, 5.41) is 27.3. The van der Waals surface area contributed by atoms with Gasteiger partial charge in [-0.3, -0.25) is 19.1 Å². The van der Waals surface area contributed by atoms with E-state index in [0.717, 1.165) is 39.5 Å². The lowest BCUT2D eigenvalue weighted by atomic mass is 10.0. The van der Waals surface area contributed by atoms with Crippen molar-refractivity contribution in [2.75, 3.05) is 25.1 Å². The van der Waals surface area contributed by atoms with Gasteiger partial charge in [0.2, 0.25) is 6.10 Å². The second kappa shape index (κ2) is 14.2. The third kappa shape index (κ3) is 7.14. The van der Waals surface area contributed by atoms with Gasteiger partial charge in [-0.05, 0) is 44.1 Å². The van der Waals surface area contributed by atoms with Crippen LogP contribution in [-0.4, -0.2) is 96.0 Å². The second-order valence-electron chi connectivity index (χ2n) is 10.7. The predicted molar refractivity (Wildman–Crippen MR) is 169 cm³/mol. The Morgan fingerprint density at radius 2 is 2.04 bits per heavy atom. The van der Waals surface area contributed by atoms with E-state index in [-0.39, 0.29) is 56.4 Å². The Hall–Kier alpha value is -4.47. The highest BCUT2D eigenvalue weighted by Gasteiger charge is 2.55. The Morgan fingerprint density at radius 1 is 1.31 bits per heavy atom. The topological polar surface area (TPSA) is 218 Å². The van der Waals surface area contributed by atoms with Crippen LogP contribution in [0.4, 0.5) is 18.3 Å². The largest absolute Gasteiger partial charge is 0.478 e. The average Bonchev–Trinajstić information content (AvgIpc) is 3.59. The van der Waals surface area contributed by atoms with Crippen LogP contribution in [0.5, 0.6) is 0 Å². The summed E-state index contributed by atoms with van der Waals surface area (Å²) in [6, 6.07) is 1.78. The molecule has 0 saturated carbocycles. The first-order chi connectivity index (χ1) is 23.1. The zero-order chi connectivity index (χ0) is 35.8. The van der Waals surface area contributed by atoms with Crippen LogP contribution in [-0.2, 0) is 43.3 Å². The number of thioether (sulfide) groups is 1. The standard InChI is InChI=1S/C27H27ClF3N9O7S2/c1-11(23(43)44)47-37-15(14-18(28)49-26(32)35-14)20(41)34-16-21(42)40-17(24(45)46)12(10-48-22(16)40)9-38-7-3-5-13-19(38)36-25(27(29,30)31)39(13)8-4-6-33-2/h3,5,7,11,16,22,33H,4,6,8-10H2,1-2H3,(H4-,32,34,35,41,43,44,45,46)/p+1/b37-15-/t11-,16+,22?/m0/s1. The van der Waals surface area contributed by atoms with E-state index in [4.69, 9.17) is 27.3 Å². The Kier molecular flexibility index (Phi) is 10.4. The molecule has 0 radical (unpaired) electrons. The molecule has 0 bridgehead atoms. The minimum Gasteiger partial charge on any atom is -0.478 e. The molecule has 0 aromatic carbocycles. The van der Waals surface area contributed by atoms with Gasteiger partial charge >= 0.3 is 29.6 Å². The molecule has 2 aliphatic heterocycles. The molecule has 3 aromatic rings. The van der Waals surface area contributed by atoms with Crippen LogP contribution < -0.4 is 20.9 Å². The van der Waals surface area contributed by atoms with E-state index in [2.05, 4.69) is 25.8 Å². The van der Waals surface area contributed by atoms with Gasteiger partial charge in [-0.25, -0.2) is 19.1 Å². The van der Waals surface area contributed by atoms with E-state index in [1.165, 1.54) is 22.9 Å². The number of aliphatic carboxylic acids is 2. The molecule has 22 heteroatoms. The molecule has 262 valence electrons. The van der Waals surface area contributed by atoms with Crippen molar-refractivity contribution >= 4 is 80.5 Å². The number of anilines is 1. The molecule has 1 fully saturated rings. The second-order valence-corrected chi connectivity index (χ2v) is 13.4. The van der Waals surface area contributed by atoms with E-state index in [0.29, 0.717) is 13.0 Å². The first-order valence-electron chi connectivity index (χ1n) is 14.3. The number of amides is 2. The molecule has 5 rings (SSSR count). The van der Waals surface area contributed by atoms with Gasteiger partial charge in [-0.2, -0.15) is 13.2 Å². The van der Waals surface area contributed by atoms with Crippen LogP contribution in [0, 0.1) is 0 Å². The number of oxime groups is 1. The van der Waals surface area contributed by atoms with Crippen LogP contribution in [0.15, 0.2) is 34.8 Å². The predicted octanol–water partition coefficient (Wildman–Crippen LogP) is 1.28.